The van der Waals surface area contributed by atoms with E-state index in [1.54, 1.807) is 23.6 Å². The van der Waals surface area contributed by atoms with Crippen LogP contribution in [0.25, 0.3) is 5.69 Å². The number of benzene rings is 2. The van der Waals surface area contributed by atoms with E-state index in [0.29, 0.717) is 0 Å². The normalized spacial score (nSPS) is 10.8. The van der Waals surface area contributed by atoms with Gasteiger partial charge in [0.15, 0.2) is 0 Å². The van der Waals surface area contributed by atoms with Gasteiger partial charge in [0.25, 0.3) is 0 Å². The maximum Gasteiger partial charge on any atom is 0.214 e. The van der Waals surface area contributed by atoms with Crippen LogP contribution in [0.4, 0.5) is 0 Å². The van der Waals surface area contributed by atoms with Crippen molar-refractivity contribution in [3.05, 3.63) is 58.7 Å². The van der Waals surface area contributed by atoms with Gasteiger partial charge in [0.05, 0.1) is 7.11 Å². The van der Waals surface area contributed by atoms with Crippen LogP contribution in [-0.4, -0.2) is 27.3 Å². The van der Waals surface area contributed by atoms with Crippen molar-refractivity contribution in [1.29, 1.82) is 0 Å². The molecule has 1 aromatic heterocycles. The Morgan fingerprint density at radius 3 is 2.46 bits per heavy atom. The topological polar surface area (TPSA) is 52.8 Å². The van der Waals surface area contributed by atoms with Crippen molar-refractivity contribution in [2.24, 2.45) is 0 Å². The fourth-order valence-corrected chi connectivity index (χ4v) is 3.50. The lowest BCUT2D eigenvalue weighted by atomic mass is 10.1. The average Bonchev–Trinajstić information content (AvgIpc) is 3.00. The molecule has 0 saturated carbocycles. The Labute approximate surface area is 146 Å². The van der Waals surface area contributed by atoms with Crippen LogP contribution in [0, 0.1) is 20.8 Å². The molecule has 0 radical (unpaired) electrons. The molecule has 0 aliphatic heterocycles. The first kappa shape index (κ1) is 16.5. The summed E-state index contributed by atoms with van der Waals surface area (Å²) in [7, 11) is 1.65. The maximum atomic E-state index is 5.45. The highest BCUT2D eigenvalue weighted by atomic mass is 32.2. The lowest BCUT2D eigenvalue weighted by Gasteiger charge is -2.10. The number of aryl methyl sites for hydroxylation is 3. The van der Waals surface area contributed by atoms with Crippen LogP contribution in [0.1, 0.15) is 22.3 Å². The summed E-state index contributed by atoms with van der Waals surface area (Å²) >= 11 is 1.62. The summed E-state index contributed by atoms with van der Waals surface area (Å²) in [5.41, 5.74) is 5.79. The summed E-state index contributed by atoms with van der Waals surface area (Å²) in [5, 5.41) is 12.9. The lowest BCUT2D eigenvalue weighted by molar-refractivity contribution is 0.410. The third-order valence-electron chi connectivity index (χ3n) is 3.65. The zero-order valence-corrected chi connectivity index (χ0v) is 15.1. The van der Waals surface area contributed by atoms with Crippen LogP contribution in [0.15, 0.2) is 41.6 Å². The molecule has 124 valence electrons. The van der Waals surface area contributed by atoms with Crippen molar-refractivity contribution >= 4 is 11.8 Å². The van der Waals surface area contributed by atoms with Crippen molar-refractivity contribution in [3.8, 4) is 11.4 Å². The van der Waals surface area contributed by atoms with Crippen LogP contribution in [0.2, 0.25) is 0 Å². The molecule has 5 nitrogen and oxygen atoms in total. The molecule has 0 aliphatic carbocycles. The maximum absolute atomic E-state index is 5.45. The Hall–Kier alpha value is -2.34. The molecule has 2 aromatic carbocycles. The van der Waals surface area contributed by atoms with Crippen LogP contribution >= 0.6 is 11.8 Å². The molecule has 0 spiro atoms. The second-order valence-corrected chi connectivity index (χ2v) is 6.78. The Kier molecular flexibility index (Phi) is 4.85. The van der Waals surface area contributed by atoms with Crippen LogP contribution in [0.5, 0.6) is 5.75 Å². The molecule has 3 rings (SSSR count). The van der Waals surface area contributed by atoms with Crippen molar-refractivity contribution < 1.29 is 4.74 Å². The van der Waals surface area contributed by atoms with Gasteiger partial charge in [-0.15, -0.1) is 5.10 Å². The Morgan fingerprint density at radius 2 is 1.75 bits per heavy atom. The molecule has 1 heterocycles. The molecule has 0 bridgehead atoms. The third-order valence-corrected chi connectivity index (χ3v) is 4.64. The number of nitrogens with zero attached hydrogens (tertiary/aromatic N) is 4. The lowest BCUT2D eigenvalue weighted by Crippen LogP contribution is -2.02. The summed E-state index contributed by atoms with van der Waals surface area (Å²) in [4.78, 5) is 0. The molecule has 0 amide bonds. The predicted octanol–water partition coefficient (Wildman–Crippen LogP) is 3.89. The van der Waals surface area contributed by atoms with Gasteiger partial charge in [-0.05, 0) is 54.5 Å². The van der Waals surface area contributed by atoms with E-state index in [1.165, 1.54) is 16.7 Å². The predicted molar refractivity (Wildman–Crippen MR) is 95.9 cm³/mol. The van der Waals surface area contributed by atoms with E-state index in [1.807, 2.05) is 25.1 Å². The molecular formula is C18H20N4OS. The second-order valence-electron chi connectivity index (χ2n) is 5.83. The molecule has 24 heavy (non-hydrogen) atoms. The van der Waals surface area contributed by atoms with Gasteiger partial charge in [0.1, 0.15) is 11.4 Å². The van der Waals surface area contributed by atoms with Crippen LogP contribution in [0.3, 0.4) is 0 Å². The first-order valence-electron chi connectivity index (χ1n) is 7.70. The largest absolute Gasteiger partial charge is 0.494 e. The van der Waals surface area contributed by atoms with Crippen molar-refractivity contribution in [3.63, 3.8) is 0 Å². The third kappa shape index (κ3) is 3.59. The van der Waals surface area contributed by atoms with Crippen LogP contribution < -0.4 is 4.74 Å². The number of aromatic nitrogens is 4. The van der Waals surface area contributed by atoms with Crippen molar-refractivity contribution in [2.75, 3.05) is 7.11 Å². The molecule has 0 unspecified atom stereocenters. The first-order chi connectivity index (χ1) is 11.6. The molecule has 0 saturated heterocycles. The standard InChI is InChI=1S/C18H20N4OS/c1-12-5-6-17(23-4)16(10-12)22-18(19-20-21-22)24-11-15-8-13(2)7-14(3)9-15/h5-10H,11H2,1-4H3. The number of rotatable bonds is 5. The summed E-state index contributed by atoms with van der Waals surface area (Å²) in [6, 6.07) is 12.5. The summed E-state index contributed by atoms with van der Waals surface area (Å²) in [6.45, 7) is 6.27. The average molecular weight is 340 g/mol. The van der Waals surface area contributed by atoms with Gasteiger partial charge < -0.3 is 4.74 Å². The number of thioether (sulfide) groups is 1. The minimum Gasteiger partial charge on any atom is -0.494 e. The Bertz CT molecular complexity index is 840. The summed E-state index contributed by atoms with van der Waals surface area (Å²) in [6.07, 6.45) is 0. The highest BCUT2D eigenvalue weighted by Gasteiger charge is 2.14. The van der Waals surface area contributed by atoms with E-state index in [4.69, 9.17) is 4.74 Å². The minimum atomic E-state index is 0.748. The number of tetrazole rings is 1. The highest BCUT2D eigenvalue weighted by molar-refractivity contribution is 7.98. The van der Waals surface area contributed by atoms with E-state index in [2.05, 4.69) is 47.6 Å². The van der Waals surface area contributed by atoms with Gasteiger partial charge in [0.2, 0.25) is 5.16 Å². The van der Waals surface area contributed by atoms with Gasteiger partial charge in [-0.25, -0.2) is 0 Å². The van der Waals surface area contributed by atoms with Gasteiger partial charge in [-0.1, -0.05) is 47.2 Å². The Balaban J connectivity index is 1.87. The van der Waals surface area contributed by atoms with E-state index in [0.717, 1.165) is 27.9 Å². The smallest absolute Gasteiger partial charge is 0.214 e. The zero-order chi connectivity index (χ0) is 17.1. The second kappa shape index (κ2) is 7.05. The molecule has 6 heteroatoms. The number of methoxy groups -OCH3 is 1. The molecular weight excluding hydrogens is 320 g/mol. The fourth-order valence-electron chi connectivity index (χ4n) is 2.69. The fraction of sp³-hybridized carbons (Fsp3) is 0.278. The van der Waals surface area contributed by atoms with Crippen molar-refractivity contribution in [1.82, 2.24) is 20.2 Å². The minimum absolute atomic E-state index is 0.748. The van der Waals surface area contributed by atoms with E-state index in [-0.39, 0.29) is 0 Å². The molecule has 0 aliphatic rings. The monoisotopic (exact) mass is 340 g/mol. The molecule has 0 N–H and O–H groups in total. The number of ether oxygens (including phenoxy) is 1. The van der Waals surface area contributed by atoms with Crippen molar-refractivity contribution in [2.45, 2.75) is 31.7 Å². The van der Waals surface area contributed by atoms with E-state index in [9.17, 15) is 0 Å². The quantitative estimate of drug-likeness (QED) is 0.660. The summed E-state index contributed by atoms with van der Waals surface area (Å²) in [5.74, 6) is 1.57. The molecule has 0 atom stereocenters. The number of hydrogen-bond acceptors (Lipinski definition) is 5. The molecule has 3 aromatic rings. The van der Waals surface area contributed by atoms with Gasteiger partial charge in [0, 0.05) is 5.75 Å². The first-order valence-corrected chi connectivity index (χ1v) is 8.69. The Morgan fingerprint density at radius 1 is 1.00 bits per heavy atom. The highest BCUT2D eigenvalue weighted by Crippen LogP contribution is 2.28. The number of hydrogen-bond donors (Lipinski definition) is 0. The zero-order valence-electron chi connectivity index (χ0n) is 14.3. The van der Waals surface area contributed by atoms with Gasteiger partial charge in [-0.2, -0.15) is 4.68 Å². The van der Waals surface area contributed by atoms with Crippen LogP contribution in [-0.2, 0) is 5.75 Å². The SMILES string of the molecule is COc1ccc(C)cc1-n1nnnc1SCc1cc(C)cc(C)c1. The van der Waals surface area contributed by atoms with E-state index < -0.39 is 0 Å². The van der Waals surface area contributed by atoms with Gasteiger partial charge >= 0.3 is 0 Å². The van der Waals surface area contributed by atoms with E-state index >= 15 is 0 Å². The van der Waals surface area contributed by atoms with Gasteiger partial charge in [-0.3, -0.25) is 0 Å². The molecule has 0 fully saturated rings. The summed E-state index contributed by atoms with van der Waals surface area (Å²) < 4.78 is 7.18.